The fraction of sp³-hybridized carbons (Fsp3) is 1.00. The van der Waals surface area contributed by atoms with Gasteiger partial charge in [0.25, 0.3) is 5.92 Å². The molecule has 0 aliphatic carbocycles. The second kappa shape index (κ2) is 5.58. The molecule has 1 fully saturated rings. The Morgan fingerprint density at radius 2 is 2.07 bits per heavy atom. The maximum absolute atomic E-state index is 13.0. The molecule has 1 N–H and O–H groups in total. The van der Waals surface area contributed by atoms with Crippen molar-refractivity contribution in [3.63, 3.8) is 0 Å². The van der Waals surface area contributed by atoms with E-state index in [2.05, 4.69) is 5.32 Å². The third-order valence-electron chi connectivity index (χ3n) is 2.13. The van der Waals surface area contributed by atoms with Crippen molar-refractivity contribution in [1.82, 2.24) is 5.32 Å². The fourth-order valence-corrected chi connectivity index (χ4v) is 1.39. The lowest BCUT2D eigenvalue weighted by Crippen LogP contribution is -2.37. The summed E-state index contributed by atoms with van der Waals surface area (Å²) < 4.78 is 36.2. The first-order chi connectivity index (χ1) is 6.64. The molecular formula is C9H17F2NO2. The fourth-order valence-electron chi connectivity index (χ4n) is 1.39. The lowest BCUT2D eigenvalue weighted by Gasteiger charge is -2.25. The van der Waals surface area contributed by atoms with Crippen molar-refractivity contribution in [1.29, 1.82) is 0 Å². The molecule has 1 aliphatic heterocycles. The van der Waals surface area contributed by atoms with Gasteiger partial charge in [0.2, 0.25) is 0 Å². The highest BCUT2D eigenvalue weighted by molar-refractivity contribution is 4.70. The second-order valence-corrected chi connectivity index (χ2v) is 3.51. The Morgan fingerprint density at radius 3 is 2.64 bits per heavy atom. The van der Waals surface area contributed by atoms with Gasteiger partial charge in [0.05, 0.1) is 12.6 Å². The molecule has 0 atom stereocenters. The van der Waals surface area contributed by atoms with Crippen LogP contribution >= 0.6 is 0 Å². The molecule has 1 heterocycles. The van der Waals surface area contributed by atoms with Gasteiger partial charge in [-0.3, -0.25) is 0 Å². The van der Waals surface area contributed by atoms with Crippen molar-refractivity contribution in [3.8, 4) is 0 Å². The van der Waals surface area contributed by atoms with E-state index in [1.807, 2.05) is 0 Å². The summed E-state index contributed by atoms with van der Waals surface area (Å²) in [4.78, 5) is 0. The zero-order chi connectivity index (χ0) is 10.4. The normalized spacial score (nSPS) is 19.9. The highest BCUT2D eigenvalue weighted by atomic mass is 19.3. The van der Waals surface area contributed by atoms with E-state index in [4.69, 9.17) is 9.47 Å². The van der Waals surface area contributed by atoms with Crippen molar-refractivity contribution in [2.75, 3.05) is 33.4 Å². The summed E-state index contributed by atoms with van der Waals surface area (Å²) in [5.41, 5.74) is 0. The van der Waals surface area contributed by atoms with Gasteiger partial charge in [-0.2, -0.15) is 0 Å². The van der Waals surface area contributed by atoms with Crippen LogP contribution in [0.4, 0.5) is 8.78 Å². The van der Waals surface area contributed by atoms with Crippen LogP contribution in [-0.4, -0.2) is 45.4 Å². The minimum absolute atomic E-state index is 0.0634. The van der Waals surface area contributed by atoms with Crippen molar-refractivity contribution >= 4 is 0 Å². The Morgan fingerprint density at radius 1 is 1.43 bits per heavy atom. The molecule has 0 saturated carbocycles. The number of halogens is 2. The average molecular weight is 209 g/mol. The quantitative estimate of drug-likeness (QED) is 0.733. The van der Waals surface area contributed by atoms with E-state index in [1.54, 1.807) is 0 Å². The van der Waals surface area contributed by atoms with Crippen LogP contribution in [0.1, 0.15) is 12.8 Å². The lowest BCUT2D eigenvalue weighted by atomic mass is 10.1. The van der Waals surface area contributed by atoms with Gasteiger partial charge in [-0.1, -0.05) is 0 Å². The molecular weight excluding hydrogens is 192 g/mol. The molecule has 14 heavy (non-hydrogen) atoms. The molecule has 0 unspecified atom stereocenters. The maximum Gasteiger partial charge on any atom is 0.283 e. The van der Waals surface area contributed by atoms with Crippen molar-refractivity contribution in [2.24, 2.45) is 0 Å². The van der Waals surface area contributed by atoms with Crippen LogP contribution in [0.15, 0.2) is 0 Å². The van der Waals surface area contributed by atoms with E-state index in [0.29, 0.717) is 13.2 Å². The van der Waals surface area contributed by atoms with Gasteiger partial charge in [-0.25, -0.2) is 8.78 Å². The molecule has 0 aromatic carbocycles. The third-order valence-corrected chi connectivity index (χ3v) is 2.13. The standard InChI is InChI=1S/C9H17F2NO2/c1-12-6-9(10,11)7-14-8-2-4-13-5-3-8/h8,12H,2-7H2,1H3. The van der Waals surface area contributed by atoms with Crippen LogP contribution in [0.2, 0.25) is 0 Å². The molecule has 1 saturated heterocycles. The molecule has 3 nitrogen and oxygen atoms in total. The SMILES string of the molecule is CNCC(F)(F)COC1CCOCC1. The zero-order valence-corrected chi connectivity index (χ0v) is 8.39. The molecule has 0 spiro atoms. The topological polar surface area (TPSA) is 30.5 Å². The maximum atomic E-state index is 13.0. The minimum atomic E-state index is -2.77. The number of hydrogen-bond donors (Lipinski definition) is 1. The lowest BCUT2D eigenvalue weighted by molar-refractivity contribution is -0.116. The summed E-state index contributed by atoms with van der Waals surface area (Å²) in [6, 6.07) is 0. The first-order valence-corrected chi connectivity index (χ1v) is 4.86. The second-order valence-electron chi connectivity index (χ2n) is 3.51. The van der Waals surface area contributed by atoms with E-state index < -0.39 is 12.5 Å². The first-order valence-electron chi connectivity index (χ1n) is 4.86. The Bertz CT molecular complexity index is 161. The van der Waals surface area contributed by atoms with Gasteiger partial charge >= 0.3 is 0 Å². The predicted octanol–water partition coefficient (Wildman–Crippen LogP) is 1.04. The molecule has 84 valence electrons. The summed E-state index contributed by atoms with van der Waals surface area (Å²) >= 11 is 0. The summed E-state index contributed by atoms with van der Waals surface area (Å²) in [5, 5.41) is 2.44. The van der Waals surface area contributed by atoms with Crippen LogP contribution < -0.4 is 5.32 Å². The molecule has 5 heteroatoms. The number of alkyl halides is 2. The van der Waals surface area contributed by atoms with Crippen molar-refractivity contribution < 1.29 is 18.3 Å². The van der Waals surface area contributed by atoms with Crippen LogP contribution in [0.25, 0.3) is 0 Å². The van der Waals surface area contributed by atoms with E-state index in [0.717, 1.165) is 12.8 Å². The Balaban J connectivity index is 2.17. The summed E-state index contributed by atoms with van der Waals surface area (Å²) in [6.45, 7) is 0.388. The largest absolute Gasteiger partial charge is 0.381 e. The summed E-state index contributed by atoms with van der Waals surface area (Å²) in [5.74, 6) is -2.77. The van der Waals surface area contributed by atoms with E-state index in [9.17, 15) is 8.78 Å². The zero-order valence-electron chi connectivity index (χ0n) is 8.39. The number of rotatable bonds is 5. The highest BCUT2D eigenvalue weighted by Gasteiger charge is 2.30. The van der Waals surface area contributed by atoms with E-state index >= 15 is 0 Å². The highest BCUT2D eigenvalue weighted by Crippen LogP contribution is 2.17. The van der Waals surface area contributed by atoms with Crippen molar-refractivity contribution in [2.45, 2.75) is 24.9 Å². The van der Waals surface area contributed by atoms with Crippen LogP contribution in [-0.2, 0) is 9.47 Å². The molecule has 0 bridgehead atoms. The smallest absolute Gasteiger partial charge is 0.283 e. The molecule has 0 aromatic rings. The summed E-state index contributed by atoms with van der Waals surface area (Å²) in [7, 11) is 1.50. The van der Waals surface area contributed by atoms with Crippen molar-refractivity contribution in [3.05, 3.63) is 0 Å². The van der Waals surface area contributed by atoms with Crippen LogP contribution in [0.3, 0.4) is 0 Å². The predicted molar refractivity (Wildman–Crippen MR) is 48.7 cm³/mol. The molecule has 1 rings (SSSR count). The van der Waals surface area contributed by atoms with Gasteiger partial charge in [0.15, 0.2) is 0 Å². The molecule has 0 radical (unpaired) electrons. The number of hydrogen-bond acceptors (Lipinski definition) is 3. The van der Waals surface area contributed by atoms with Gasteiger partial charge in [0.1, 0.15) is 6.61 Å². The molecule has 1 aliphatic rings. The minimum Gasteiger partial charge on any atom is -0.381 e. The number of ether oxygens (including phenoxy) is 2. The van der Waals surface area contributed by atoms with Crippen LogP contribution in [0, 0.1) is 0 Å². The first kappa shape index (κ1) is 11.8. The monoisotopic (exact) mass is 209 g/mol. The molecule has 0 amide bonds. The van der Waals surface area contributed by atoms with Gasteiger partial charge in [0, 0.05) is 13.2 Å². The van der Waals surface area contributed by atoms with Gasteiger partial charge in [-0.05, 0) is 19.9 Å². The van der Waals surface area contributed by atoms with Gasteiger partial charge < -0.3 is 14.8 Å². The molecule has 0 aromatic heterocycles. The Labute approximate surface area is 82.8 Å². The summed E-state index contributed by atoms with van der Waals surface area (Å²) in [6.07, 6.45) is 1.37. The third kappa shape index (κ3) is 4.30. The Kier molecular flexibility index (Phi) is 4.71. The average Bonchev–Trinajstić information content (AvgIpc) is 2.17. The Hall–Kier alpha value is -0.260. The van der Waals surface area contributed by atoms with Crippen LogP contribution in [0.5, 0.6) is 0 Å². The van der Waals surface area contributed by atoms with E-state index in [1.165, 1.54) is 7.05 Å². The van der Waals surface area contributed by atoms with E-state index in [-0.39, 0.29) is 12.6 Å². The number of nitrogens with one attached hydrogen (secondary N) is 1. The van der Waals surface area contributed by atoms with Gasteiger partial charge in [-0.15, -0.1) is 0 Å².